The van der Waals surface area contributed by atoms with Gasteiger partial charge < -0.3 is 5.32 Å². The van der Waals surface area contributed by atoms with Gasteiger partial charge in [-0.05, 0) is 24.5 Å². The van der Waals surface area contributed by atoms with Crippen LogP contribution in [0.25, 0.3) is 0 Å². The molecule has 1 fully saturated rings. The fourth-order valence-corrected chi connectivity index (χ4v) is 1.36. The van der Waals surface area contributed by atoms with E-state index >= 15 is 0 Å². The van der Waals surface area contributed by atoms with E-state index in [0.717, 1.165) is 12.0 Å². The highest BCUT2D eigenvalue weighted by molar-refractivity contribution is 5.94. The van der Waals surface area contributed by atoms with Crippen LogP contribution < -0.4 is 5.32 Å². The van der Waals surface area contributed by atoms with Gasteiger partial charge in [-0.3, -0.25) is 4.79 Å². The Hall–Kier alpha value is -1.31. The summed E-state index contributed by atoms with van der Waals surface area (Å²) < 4.78 is 0. The van der Waals surface area contributed by atoms with Gasteiger partial charge in [0, 0.05) is 11.6 Å². The van der Waals surface area contributed by atoms with Crippen molar-refractivity contribution >= 4 is 5.91 Å². The van der Waals surface area contributed by atoms with Crippen LogP contribution in [-0.2, 0) is 0 Å². The Morgan fingerprint density at radius 1 is 1.38 bits per heavy atom. The second-order valence-corrected chi connectivity index (χ2v) is 3.66. The number of benzene rings is 1. The van der Waals surface area contributed by atoms with Gasteiger partial charge in [-0.2, -0.15) is 0 Å². The summed E-state index contributed by atoms with van der Waals surface area (Å²) in [5, 5.41) is 2.98. The molecule has 0 heterocycles. The third-order valence-electron chi connectivity index (χ3n) is 2.46. The predicted octanol–water partition coefficient (Wildman–Crippen LogP) is 1.82. The number of carbonyl (C=O) groups is 1. The first kappa shape index (κ1) is 8.30. The third kappa shape index (κ3) is 1.89. The van der Waals surface area contributed by atoms with E-state index in [1.165, 1.54) is 0 Å². The zero-order valence-electron chi connectivity index (χ0n) is 7.66. The van der Waals surface area contributed by atoms with Crippen LogP contribution in [0, 0.1) is 5.92 Å². The lowest BCUT2D eigenvalue weighted by atomic mass is 10.2. The van der Waals surface area contributed by atoms with Crippen molar-refractivity contribution in [2.75, 3.05) is 0 Å². The third-order valence-corrected chi connectivity index (χ3v) is 2.46. The fraction of sp³-hybridized carbons (Fsp3) is 0.364. The van der Waals surface area contributed by atoms with E-state index in [2.05, 4.69) is 12.2 Å². The molecule has 1 aliphatic rings. The smallest absolute Gasteiger partial charge is 0.251 e. The van der Waals surface area contributed by atoms with Gasteiger partial charge >= 0.3 is 0 Å². The Kier molecular flexibility index (Phi) is 2.05. The quantitative estimate of drug-likeness (QED) is 0.730. The van der Waals surface area contributed by atoms with E-state index in [0.29, 0.717) is 12.0 Å². The SMILES string of the molecule is C[C@@H]1C[C@@H]1NC(=O)c1ccccc1. The molecule has 2 nitrogen and oxygen atoms in total. The van der Waals surface area contributed by atoms with Crippen molar-refractivity contribution in [3.05, 3.63) is 35.9 Å². The summed E-state index contributed by atoms with van der Waals surface area (Å²) in [5.41, 5.74) is 0.751. The molecule has 0 aliphatic heterocycles. The molecule has 1 amide bonds. The lowest BCUT2D eigenvalue weighted by molar-refractivity contribution is 0.0949. The highest BCUT2D eigenvalue weighted by Crippen LogP contribution is 2.29. The lowest BCUT2D eigenvalue weighted by Gasteiger charge is -2.02. The number of carbonyl (C=O) groups excluding carboxylic acids is 1. The number of nitrogens with one attached hydrogen (secondary N) is 1. The van der Waals surface area contributed by atoms with Gasteiger partial charge in [0.25, 0.3) is 5.91 Å². The van der Waals surface area contributed by atoms with Gasteiger partial charge in [-0.25, -0.2) is 0 Å². The molecule has 2 rings (SSSR count). The number of amides is 1. The average molecular weight is 175 g/mol. The minimum absolute atomic E-state index is 0.0509. The van der Waals surface area contributed by atoms with E-state index < -0.39 is 0 Å². The summed E-state index contributed by atoms with van der Waals surface area (Å²) in [4.78, 5) is 11.5. The predicted molar refractivity (Wildman–Crippen MR) is 51.5 cm³/mol. The van der Waals surface area contributed by atoms with Crippen LogP contribution in [0.2, 0.25) is 0 Å². The minimum Gasteiger partial charge on any atom is -0.349 e. The molecule has 1 aromatic carbocycles. The van der Waals surface area contributed by atoms with Crippen LogP contribution in [-0.4, -0.2) is 11.9 Å². The van der Waals surface area contributed by atoms with Gasteiger partial charge in [0.2, 0.25) is 0 Å². The molecule has 2 atom stereocenters. The Morgan fingerprint density at radius 3 is 2.54 bits per heavy atom. The first-order chi connectivity index (χ1) is 6.27. The van der Waals surface area contributed by atoms with E-state index in [9.17, 15) is 4.79 Å². The monoisotopic (exact) mass is 175 g/mol. The van der Waals surface area contributed by atoms with Crippen molar-refractivity contribution in [3.8, 4) is 0 Å². The molecule has 1 aliphatic carbocycles. The van der Waals surface area contributed by atoms with E-state index in [-0.39, 0.29) is 5.91 Å². The van der Waals surface area contributed by atoms with Crippen LogP contribution >= 0.6 is 0 Å². The summed E-state index contributed by atoms with van der Waals surface area (Å²) in [6.07, 6.45) is 1.12. The number of hydrogen-bond donors (Lipinski definition) is 1. The normalized spacial score (nSPS) is 25.3. The van der Waals surface area contributed by atoms with Crippen LogP contribution in [0.5, 0.6) is 0 Å². The zero-order chi connectivity index (χ0) is 9.26. The number of hydrogen-bond acceptors (Lipinski definition) is 1. The van der Waals surface area contributed by atoms with Crippen LogP contribution in [0.15, 0.2) is 30.3 Å². The van der Waals surface area contributed by atoms with Crippen molar-refractivity contribution in [2.24, 2.45) is 5.92 Å². The van der Waals surface area contributed by atoms with Gasteiger partial charge in [0.05, 0.1) is 0 Å². The largest absolute Gasteiger partial charge is 0.349 e. The number of rotatable bonds is 2. The zero-order valence-corrected chi connectivity index (χ0v) is 7.66. The Balaban J connectivity index is 1.98. The summed E-state index contributed by atoms with van der Waals surface area (Å²) in [6, 6.07) is 9.75. The van der Waals surface area contributed by atoms with Gasteiger partial charge in [-0.15, -0.1) is 0 Å². The van der Waals surface area contributed by atoms with Crippen molar-refractivity contribution < 1.29 is 4.79 Å². The highest BCUT2D eigenvalue weighted by Gasteiger charge is 2.33. The van der Waals surface area contributed by atoms with Gasteiger partial charge in [-0.1, -0.05) is 25.1 Å². The van der Waals surface area contributed by atoms with Crippen molar-refractivity contribution in [2.45, 2.75) is 19.4 Å². The van der Waals surface area contributed by atoms with Crippen molar-refractivity contribution in [1.29, 1.82) is 0 Å². The Labute approximate surface area is 78.0 Å². The molecule has 68 valence electrons. The maximum absolute atomic E-state index is 11.5. The van der Waals surface area contributed by atoms with Crippen molar-refractivity contribution in [3.63, 3.8) is 0 Å². The first-order valence-electron chi connectivity index (χ1n) is 4.63. The molecule has 0 radical (unpaired) electrons. The molecular weight excluding hydrogens is 162 g/mol. The highest BCUT2D eigenvalue weighted by atomic mass is 16.1. The minimum atomic E-state index is 0.0509. The summed E-state index contributed by atoms with van der Waals surface area (Å²) >= 11 is 0. The summed E-state index contributed by atoms with van der Waals surface area (Å²) in [6.45, 7) is 2.15. The summed E-state index contributed by atoms with van der Waals surface area (Å²) in [7, 11) is 0. The van der Waals surface area contributed by atoms with E-state index in [4.69, 9.17) is 0 Å². The molecule has 0 aromatic heterocycles. The topological polar surface area (TPSA) is 29.1 Å². The molecule has 0 saturated heterocycles. The molecule has 0 unspecified atom stereocenters. The standard InChI is InChI=1S/C11H13NO/c1-8-7-10(8)12-11(13)9-5-3-2-4-6-9/h2-6,8,10H,7H2,1H3,(H,12,13)/t8-,10+/m1/s1. The molecule has 2 heteroatoms. The van der Waals surface area contributed by atoms with Crippen LogP contribution in [0.3, 0.4) is 0 Å². The summed E-state index contributed by atoms with van der Waals surface area (Å²) in [5.74, 6) is 0.711. The Morgan fingerprint density at radius 2 is 2.00 bits per heavy atom. The molecule has 0 spiro atoms. The average Bonchev–Trinajstić information content (AvgIpc) is 2.83. The second kappa shape index (κ2) is 3.21. The van der Waals surface area contributed by atoms with Gasteiger partial charge in [0.15, 0.2) is 0 Å². The molecular formula is C11H13NO. The molecule has 13 heavy (non-hydrogen) atoms. The lowest BCUT2D eigenvalue weighted by Crippen LogP contribution is -2.26. The first-order valence-corrected chi connectivity index (χ1v) is 4.63. The van der Waals surface area contributed by atoms with Gasteiger partial charge in [0.1, 0.15) is 0 Å². The van der Waals surface area contributed by atoms with E-state index in [1.54, 1.807) is 0 Å². The van der Waals surface area contributed by atoms with Crippen LogP contribution in [0.1, 0.15) is 23.7 Å². The molecule has 1 aromatic rings. The maximum atomic E-state index is 11.5. The molecule has 0 bridgehead atoms. The fourth-order valence-electron chi connectivity index (χ4n) is 1.36. The van der Waals surface area contributed by atoms with E-state index in [1.807, 2.05) is 30.3 Å². The Bertz CT molecular complexity index is 307. The maximum Gasteiger partial charge on any atom is 0.251 e. The van der Waals surface area contributed by atoms with Crippen LogP contribution in [0.4, 0.5) is 0 Å². The molecule has 1 saturated carbocycles. The second-order valence-electron chi connectivity index (χ2n) is 3.66. The van der Waals surface area contributed by atoms with Crippen molar-refractivity contribution in [1.82, 2.24) is 5.32 Å². The molecule has 1 N–H and O–H groups in total.